The van der Waals surface area contributed by atoms with Crippen molar-refractivity contribution < 1.29 is 4.79 Å². The molecule has 1 atom stereocenters. The third kappa shape index (κ3) is 1.77. The highest BCUT2D eigenvalue weighted by Gasteiger charge is 2.30. The van der Waals surface area contributed by atoms with E-state index in [4.69, 9.17) is 12.2 Å². The van der Waals surface area contributed by atoms with Crippen LogP contribution in [0.5, 0.6) is 0 Å². The smallest absolute Gasteiger partial charge is 0.148 e. The summed E-state index contributed by atoms with van der Waals surface area (Å²) in [5, 5.41) is 0. The first-order chi connectivity index (χ1) is 7.61. The molecule has 0 radical (unpaired) electrons. The first-order valence-corrected chi connectivity index (χ1v) is 5.05. The van der Waals surface area contributed by atoms with Crippen LogP contribution in [0, 0.1) is 12.3 Å². The van der Waals surface area contributed by atoms with Crippen molar-refractivity contribution >= 4 is 11.6 Å². The highest BCUT2D eigenvalue weighted by atomic mass is 16.1. The molecule has 16 heavy (non-hydrogen) atoms. The zero-order chi connectivity index (χ0) is 11.7. The number of rotatable bonds is 1. The molecule has 1 fully saturated rings. The van der Waals surface area contributed by atoms with Gasteiger partial charge in [-0.1, -0.05) is 5.92 Å². The Morgan fingerprint density at radius 3 is 3.00 bits per heavy atom. The molecule has 4 heteroatoms. The standard InChI is InChI=1S/C12H13N3O/c1-3-8-6-14-12(13)5-10(8)11-4-9(16)7-15(11)2/h1,5-6,11H,4,7H2,2H3,(H2,13,14). The number of hydrogen-bond acceptors (Lipinski definition) is 4. The van der Waals surface area contributed by atoms with Gasteiger partial charge in [0.05, 0.1) is 6.54 Å². The van der Waals surface area contributed by atoms with Gasteiger partial charge in [0.1, 0.15) is 11.6 Å². The van der Waals surface area contributed by atoms with Crippen molar-refractivity contribution in [2.75, 3.05) is 19.3 Å². The highest BCUT2D eigenvalue weighted by molar-refractivity contribution is 5.83. The topological polar surface area (TPSA) is 59.2 Å². The summed E-state index contributed by atoms with van der Waals surface area (Å²) in [7, 11) is 1.91. The summed E-state index contributed by atoms with van der Waals surface area (Å²) < 4.78 is 0. The minimum atomic E-state index is 0.0313. The average Bonchev–Trinajstić information content (AvgIpc) is 2.57. The number of aromatic nitrogens is 1. The van der Waals surface area contributed by atoms with Crippen LogP contribution in [-0.4, -0.2) is 29.3 Å². The molecule has 0 spiro atoms. The van der Waals surface area contributed by atoms with Gasteiger partial charge >= 0.3 is 0 Å². The minimum Gasteiger partial charge on any atom is -0.384 e. The van der Waals surface area contributed by atoms with E-state index in [1.807, 2.05) is 11.9 Å². The maximum absolute atomic E-state index is 11.4. The lowest BCUT2D eigenvalue weighted by Crippen LogP contribution is -2.19. The normalized spacial score (nSPS) is 21.0. The Labute approximate surface area is 94.5 Å². The van der Waals surface area contributed by atoms with E-state index in [1.165, 1.54) is 0 Å². The second-order valence-electron chi connectivity index (χ2n) is 4.01. The number of ketones is 1. The summed E-state index contributed by atoms with van der Waals surface area (Å²) in [6.07, 6.45) is 7.49. The van der Waals surface area contributed by atoms with E-state index < -0.39 is 0 Å². The molecule has 1 unspecified atom stereocenters. The summed E-state index contributed by atoms with van der Waals surface area (Å²) in [5.41, 5.74) is 7.28. The molecule has 1 aromatic heterocycles. The molecule has 1 aromatic rings. The van der Waals surface area contributed by atoms with Crippen LogP contribution in [0.3, 0.4) is 0 Å². The van der Waals surface area contributed by atoms with E-state index in [2.05, 4.69) is 10.9 Å². The maximum Gasteiger partial charge on any atom is 0.148 e. The van der Waals surface area contributed by atoms with Gasteiger partial charge in [0.15, 0.2) is 0 Å². The fourth-order valence-corrected chi connectivity index (χ4v) is 2.06. The Hall–Kier alpha value is -1.86. The molecule has 1 aliphatic rings. The number of likely N-dealkylation sites (tertiary alicyclic amines) is 1. The molecule has 1 aliphatic heterocycles. The third-order valence-corrected chi connectivity index (χ3v) is 2.85. The highest BCUT2D eigenvalue weighted by Crippen LogP contribution is 2.31. The number of carbonyl (C=O) groups is 1. The molecule has 82 valence electrons. The van der Waals surface area contributed by atoms with Crippen LogP contribution >= 0.6 is 0 Å². The molecule has 0 amide bonds. The first kappa shape index (κ1) is 10.7. The van der Waals surface area contributed by atoms with Crippen molar-refractivity contribution in [1.29, 1.82) is 0 Å². The lowest BCUT2D eigenvalue weighted by atomic mass is 10.0. The Morgan fingerprint density at radius 1 is 1.69 bits per heavy atom. The van der Waals surface area contributed by atoms with Crippen LogP contribution in [0.25, 0.3) is 0 Å². The molecule has 0 aromatic carbocycles. The summed E-state index contributed by atoms with van der Waals surface area (Å²) in [6, 6.07) is 1.79. The fourth-order valence-electron chi connectivity index (χ4n) is 2.06. The predicted octanol–water partition coefficient (Wildman–Crippen LogP) is 0.591. The number of carbonyl (C=O) groups excluding carboxylic acids is 1. The second-order valence-corrected chi connectivity index (χ2v) is 4.01. The monoisotopic (exact) mass is 215 g/mol. The van der Waals surface area contributed by atoms with Crippen molar-refractivity contribution in [2.45, 2.75) is 12.5 Å². The summed E-state index contributed by atoms with van der Waals surface area (Å²) in [5.74, 6) is 3.24. The number of nitrogens with zero attached hydrogens (tertiary/aromatic N) is 2. The molecule has 2 rings (SSSR count). The van der Waals surface area contributed by atoms with E-state index in [1.54, 1.807) is 12.3 Å². The lowest BCUT2D eigenvalue weighted by molar-refractivity contribution is -0.116. The number of anilines is 1. The van der Waals surface area contributed by atoms with Gasteiger partial charge in [0, 0.05) is 24.2 Å². The molecule has 0 bridgehead atoms. The van der Waals surface area contributed by atoms with Crippen molar-refractivity contribution in [2.24, 2.45) is 0 Å². The SMILES string of the molecule is C#Cc1cnc(N)cc1C1CC(=O)CN1C. The molecule has 2 heterocycles. The number of Topliss-reactive ketones (excluding diaryl/α,β-unsaturated/α-hetero) is 1. The number of nitrogens with two attached hydrogens (primary N) is 1. The summed E-state index contributed by atoms with van der Waals surface area (Å²) in [6.45, 7) is 0.469. The van der Waals surface area contributed by atoms with Gasteiger partial charge < -0.3 is 5.73 Å². The van der Waals surface area contributed by atoms with Crippen LogP contribution in [0.15, 0.2) is 12.3 Å². The fraction of sp³-hybridized carbons (Fsp3) is 0.333. The zero-order valence-electron chi connectivity index (χ0n) is 9.10. The van der Waals surface area contributed by atoms with Crippen molar-refractivity contribution in [3.63, 3.8) is 0 Å². The first-order valence-electron chi connectivity index (χ1n) is 5.05. The molecule has 4 nitrogen and oxygen atoms in total. The van der Waals surface area contributed by atoms with Crippen LogP contribution in [0.1, 0.15) is 23.6 Å². The largest absolute Gasteiger partial charge is 0.384 e. The van der Waals surface area contributed by atoms with Crippen LogP contribution < -0.4 is 5.73 Å². The van der Waals surface area contributed by atoms with E-state index in [-0.39, 0.29) is 11.8 Å². The van der Waals surface area contributed by atoms with Gasteiger partial charge in [-0.15, -0.1) is 6.42 Å². The average molecular weight is 215 g/mol. The molecular formula is C12H13N3O. The van der Waals surface area contributed by atoms with Gasteiger partial charge in [-0.25, -0.2) is 4.98 Å². The van der Waals surface area contributed by atoms with E-state index >= 15 is 0 Å². The number of nitrogen functional groups attached to an aromatic ring is 1. The number of hydrogen-bond donors (Lipinski definition) is 1. The van der Waals surface area contributed by atoms with Gasteiger partial charge in [0.2, 0.25) is 0 Å². The van der Waals surface area contributed by atoms with Crippen molar-refractivity contribution in [3.05, 3.63) is 23.4 Å². The van der Waals surface area contributed by atoms with Crippen LogP contribution in [0.2, 0.25) is 0 Å². The van der Waals surface area contributed by atoms with Crippen molar-refractivity contribution in [3.8, 4) is 12.3 Å². The molecular weight excluding hydrogens is 202 g/mol. The third-order valence-electron chi connectivity index (χ3n) is 2.85. The molecule has 1 saturated heterocycles. The maximum atomic E-state index is 11.4. The Balaban J connectivity index is 2.43. The molecule has 0 saturated carbocycles. The predicted molar refractivity (Wildman–Crippen MR) is 61.6 cm³/mol. The molecule has 0 aliphatic carbocycles. The summed E-state index contributed by atoms with van der Waals surface area (Å²) >= 11 is 0. The van der Waals surface area contributed by atoms with E-state index in [0.717, 1.165) is 5.56 Å². The van der Waals surface area contributed by atoms with E-state index in [0.29, 0.717) is 24.3 Å². The van der Waals surface area contributed by atoms with E-state index in [9.17, 15) is 4.79 Å². The quantitative estimate of drug-likeness (QED) is 0.697. The van der Waals surface area contributed by atoms with Gasteiger partial charge in [0.25, 0.3) is 0 Å². The Morgan fingerprint density at radius 2 is 2.44 bits per heavy atom. The Kier molecular flexibility index (Phi) is 2.63. The van der Waals surface area contributed by atoms with Crippen LogP contribution in [-0.2, 0) is 4.79 Å². The van der Waals surface area contributed by atoms with Gasteiger partial charge in [-0.3, -0.25) is 9.69 Å². The van der Waals surface area contributed by atoms with Crippen molar-refractivity contribution in [1.82, 2.24) is 9.88 Å². The minimum absolute atomic E-state index is 0.0313. The number of terminal acetylenes is 1. The molecule has 2 N–H and O–H groups in total. The zero-order valence-corrected chi connectivity index (χ0v) is 9.10. The lowest BCUT2D eigenvalue weighted by Gasteiger charge is -2.20. The van der Waals surface area contributed by atoms with Crippen LogP contribution in [0.4, 0.5) is 5.82 Å². The Bertz CT molecular complexity index is 476. The second kappa shape index (κ2) is 3.95. The number of pyridine rings is 1. The number of likely N-dealkylation sites (N-methyl/N-ethyl adjacent to an activating group) is 1. The summed E-state index contributed by atoms with van der Waals surface area (Å²) in [4.78, 5) is 17.3. The van der Waals surface area contributed by atoms with Gasteiger partial charge in [-0.2, -0.15) is 0 Å². The van der Waals surface area contributed by atoms with Gasteiger partial charge in [-0.05, 0) is 18.7 Å².